The van der Waals surface area contributed by atoms with Crippen molar-refractivity contribution in [1.29, 1.82) is 0 Å². The van der Waals surface area contributed by atoms with Gasteiger partial charge < -0.3 is 19.9 Å². The molecule has 5 nitrogen and oxygen atoms in total. The number of nitrogens with zero attached hydrogens (tertiary/aromatic N) is 2. The van der Waals surface area contributed by atoms with Gasteiger partial charge in [-0.2, -0.15) is 0 Å². The smallest absolute Gasteiger partial charge is 0.410 e. The molecular formula is C18H35Cl2N3O2. The first-order chi connectivity index (χ1) is 11.1. The third kappa shape index (κ3) is 6.16. The molecule has 0 radical (unpaired) electrons. The number of carbonyl (C=O) groups excluding carboxylic acids is 1. The number of hydrogen-bond donors (Lipinski definition) is 1. The molecule has 3 rings (SSSR count). The summed E-state index contributed by atoms with van der Waals surface area (Å²) in [6.45, 7) is 11.7. The molecule has 3 aliphatic rings. The summed E-state index contributed by atoms with van der Waals surface area (Å²) in [6, 6.07) is 0. The molecule has 148 valence electrons. The Morgan fingerprint density at radius 3 is 2.60 bits per heavy atom. The van der Waals surface area contributed by atoms with Crippen molar-refractivity contribution in [2.75, 3.05) is 45.8 Å². The Labute approximate surface area is 165 Å². The van der Waals surface area contributed by atoms with Crippen molar-refractivity contribution < 1.29 is 9.53 Å². The van der Waals surface area contributed by atoms with E-state index in [-0.39, 0.29) is 36.5 Å². The van der Waals surface area contributed by atoms with Crippen LogP contribution in [-0.2, 0) is 4.74 Å². The number of likely N-dealkylation sites (tertiary alicyclic amines) is 1. The average Bonchev–Trinajstić information content (AvgIpc) is 2.85. The van der Waals surface area contributed by atoms with E-state index in [2.05, 4.69) is 24.1 Å². The van der Waals surface area contributed by atoms with E-state index in [1.54, 1.807) is 0 Å². The molecule has 0 bridgehead atoms. The molecule has 0 aromatic rings. The number of hydrogen-bond acceptors (Lipinski definition) is 4. The van der Waals surface area contributed by atoms with Crippen molar-refractivity contribution in [2.24, 2.45) is 11.8 Å². The summed E-state index contributed by atoms with van der Waals surface area (Å²) in [5, 5.41) is 3.51. The molecule has 0 aromatic carbocycles. The highest BCUT2D eigenvalue weighted by atomic mass is 35.5. The summed E-state index contributed by atoms with van der Waals surface area (Å²) in [5.41, 5.74) is -0.199. The standard InChI is InChI=1S/C18H33N3O2.2ClH/c1-15(2)5-9-21-14-18(23-17(21)22)6-10-20(11-7-18)13-16-4-3-8-19-12-16;;/h15-16,19H,3-14H2,1-2H3;2*1H. The van der Waals surface area contributed by atoms with Crippen LogP contribution in [0.5, 0.6) is 0 Å². The Bertz CT molecular complexity index is 409. The van der Waals surface area contributed by atoms with Crippen LogP contribution in [0.1, 0.15) is 46.0 Å². The molecule has 3 heterocycles. The Balaban J connectivity index is 0.00000156. The van der Waals surface area contributed by atoms with Gasteiger partial charge in [-0.3, -0.25) is 0 Å². The fourth-order valence-electron chi connectivity index (χ4n) is 4.13. The van der Waals surface area contributed by atoms with Gasteiger partial charge in [0, 0.05) is 39.0 Å². The zero-order chi connectivity index (χ0) is 16.3. The molecule has 1 atom stereocenters. The molecule has 1 unspecified atom stereocenters. The Kier molecular flexibility index (Phi) is 9.30. The number of ether oxygens (including phenoxy) is 1. The van der Waals surface area contributed by atoms with Gasteiger partial charge in [-0.15, -0.1) is 24.8 Å². The number of rotatable bonds is 5. The lowest BCUT2D eigenvalue weighted by Gasteiger charge is -2.39. The fraction of sp³-hybridized carbons (Fsp3) is 0.944. The van der Waals surface area contributed by atoms with Crippen LogP contribution in [0.15, 0.2) is 0 Å². The highest BCUT2D eigenvalue weighted by molar-refractivity contribution is 5.85. The molecule has 1 amide bonds. The number of halogens is 2. The minimum Gasteiger partial charge on any atom is -0.441 e. The maximum absolute atomic E-state index is 12.1. The maximum Gasteiger partial charge on any atom is 0.410 e. The van der Waals surface area contributed by atoms with Crippen LogP contribution in [0.4, 0.5) is 4.79 Å². The van der Waals surface area contributed by atoms with E-state index in [1.165, 1.54) is 32.5 Å². The zero-order valence-electron chi connectivity index (χ0n) is 15.7. The summed E-state index contributed by atoms with van der Waals surface area (Å²) in [5.74, 6) is 1.43. The molecule has 1 spiro atoms. The molecule has 0 saturated carbocycles. The van der Waals surface area contributed by atoms with Gasteiger partial charge in [0.15, 0.2) is 0 Å². The molecule has 25 heavy (non-hydrogen) atoms. The number of amides is 1. The van der Waals surface area contributed by atoms with E-state index >= 15 is 0 Å². The molecule has 0 aromatic heterocycles. The van der Waals surface area contributed by atoms with Crippen LogP contribution in [-0.4, -0.2) is 67.3 Å². The topological polar surface area (TPSA) is 44.8 Å². The Hall–Kier alpha value is -0.230. The summed E-state index contributed by atoms with van der Waals surface area (Å²) in [7, 11) is 0. The predicted octanol–water partition coefficient (Wildman–Crippen LogP) is 3.16. The lowest BCUT2D eigenvalue weighted by atomic mass is 9.90. The number of piperidine rings is 2. The average molecular weight is 396 g/mol. The second-order valence-electron chi connectivity index (χ2n) is 8.17. The van der Waals surface area contributed by atoms with Gasteiger partial charge in [-0.25, -0.2) is 4.79 Å². The summed E-state index contributed by atoms with van der Waals surface area (Å²) < 4.78 is 5.82. The molecule has 7 heteroatoms. The van der Waals surface area contributed by atoms with Gasteiger partial charge >= 0.3 is 6.09 Å². The normalized spacial score (nSPS) is 26.3. The first-order valence-corrected chi connectivity index (χ1v) is 9.47. The van der Waals surface area contributed by atoms with E-state index in [9.17, 15) is 4.79 Å². The predicted molar refractivity (Wildman–Crippen MR) is 106 cm³/mol. The van der Waals surface area contributed by atoms with Crippen molar-refractivity contribution in [2.45, 2.75) is 51.6 Å². The van der Waals surface area contributed by atoms with Gasteiger partial charge in [0.1, 0.15) is 5.60 Å². The van der Waals surface area contributed by atoms with Gasteiger partial charge in [0.2, 0.25) is 0 Å². The van der Waals surface area contributed by atoms with E-state index < -0.39 is 0 Å². The Morgan fingerprint density at radius 2 is 2.00 bits per heavy atom. The summed E-state index contributed by atoms with van der Waals surface area (Å²) in [4.78, 5) is 16.6. The molecule has 0 aliphatic carbocycles. The van der Waals surface area contributed by atoms with Crippen molar-refractivity contribution >= 4 is 30.9 Å². The monoisotopic (exact) mass is 395 g/mol. The molecule has 3 fully saturated rings. The fourth-order valence-corrected chi connectivity index (χ4v) is 4.13. The van der Waals surface area contributed by atoms with E-state index in [0.717, 1.165) is 51.4 Å². The number of nitrogens with one attached hydrogen (secondary N) is 1. The minimum atomic E-state index is -0.199. The minimum absolute atomic E-state index is 0. The van der Waals surface area contributed by atoms with Crippen molar-refractivity contribution in [3.8, 4) is 0 Å². The van der Waals surface area contributed by atoms with E-state index in [0.29, 0.717) is 5.92 Å². The van der Waals surface area contributed by atoms with Gasteiger partial charge in [-0.05, 0) is 44.2 Å². The summed E-state index contributed by atoms with van der Waals surface area (Å²) >= 11 is 0. The van der Waals surface area contributed by atoms with Crippen LogP contribution in [0.25, 0.3) is 0 Å². The molecule has 3 aliphatic heterocycles. The third-order valence-electron chi connectivity index (χ3n) is 5.70. The largest absolute Gasteiger partial charge is 0.441 e. The van der Waals surface area contributed by atoms with Gasteiger partial charge in [0.25, 0.3) is 0 Å². The highest BCUT2D eigenvalue weighted by Crippen LogP contribution is 2.33. The lowest BCUT2D eigenvalue weighted by molar-refractivity contribution is -0.00339. The van der Waals surface area contributed by atoms with Crippen LogP contribution in [0.2, 0.25) is 0 Å². The van der Waals surface area contributed by atoms with E-state index in [4.69, 9.17) is 4.74 Å². The van der Waals surface area contributed by atoms with Crippen molar-refractivity contribution in [3.05, 3.63) is 0 Å². The SMILES string of the molecule is CC(C)CCN1CC2(CCN(CC3CCCNC3)CC2)OC1=O.Cl.Cl. The third-order valence-corrected chi connectivity index (χ3v) is 5.70. The van der Waals surface area contributed by atoms with E-state index in [1.807, 2.05) is 4.90 Å². The molecular weight excluding hydrogens is 361 g/mol. The second kappa shape index (κ2) is 10.2. The first kappa shape index (κ1) is 22.8. The van der Waals surface area contributed by atoms with Crippen LogP contribution < -0.4 is 5.32 Å². The van der Waals surface area contributed by atoms with Crippen LogP contribution >= 0.6 is 24.8 Å². The van der Waals surface area contributed by atoms with Crippen molar-refractivity contribution in [3.63, 3.8) is 0 Å². The van der Waals surface area contributed by atoms with Gasteiger partial charge in [-0.1, -0.05) is 13.8 Å². The number of carbonyl (C=O) groups is 1. The molecule has 3 saturated heterocycles. The molecule has 1 N–H and O–H groups in total. The van der Waals surface area contributed by atoms with Crippen LogP contribution in [0.3, 0.4) is 0 Å². The quantitative estimate of drug-likeness (QED) is 0.776. The maximum atomic E-state index is 12.1. The zero-order valence-corrected chi connectivity index (χ0v) is 17.3. The highest BCUT2D eigenvalue weighted by Gasteiger charge is 2.46. The first-order valence-electron chi connectivity index (χ1n) is 9.47. The van der Waals surface area contributed by atoms with Crippen LogP contribution in [0, 0.1) is 11.8 Å². The van der Waals surface area contributed by atoms with Gasteiger partial charge in [0.05, 0.1) is 6.54 Å². The lowest BCUT2D eigenvalue weighted by Crippen LogP contribution is -2.49. The Morgan fingerprint density at radius 1 is 1.28 bits per heavy atom. The summed E-state index contributed by atoms with van der Waals surface area (Å²) in [6.07, 6.45) is 5.63. The van der Waals surface area contributed by atoms with Crippen molar-refractivity contribution in [1.82, 2.24) is 15.1 Å². The second-order valence-corrected chi connectivity index (χ2v) is 8.17.